The van der Waals surface area contributed by atoms with E-state index < -0.39 is 0 Å². The van der Waals surface area contributed by atoms with Crippen molar-refractivity contribution < 1.29 is 18.7 Å². The fourth-order valence-corrected chi connectivity index (χ4v) is 4.34. The summed E-state index contributed by atoms with van der Waals surface area (Å²) in [6.45, 7) is 2.66. The van der Waals surface area contributed by atoms with Gasteiger partial charge in [-0.1, -0.05) is 30.7 Å². The van der Waals surface area contributed by atoms with Crippen molar-refractivity contribution in [3.63, 3.8) is 0 Å². The molecule has 1 aliphatic rings. The van der Waals surface area contributed by atoms with Gasteiger partial charge < -0.3 is 9.15 Å². The number of benzene rings is 2. The highest BCUT2D eigenvalue weighted by molar-refractivity contribution is 8.03. The van der Waals surface area contributed by atoms with E-state index in [1.54, 1.807) is 36.6 Å². The van der Waals surface area contributed by atoms with Crippen molar-refractivity contribution in [1.82, 2.24) is 0 Å². The van der Waals surface area contributed by atoms with Crippen LogP contribution in [0.3, 0.4) is 0 Å². The molecule has 0 N–H and O–H groups in total. The molecule has 31 heavy (non-hydrogen) atoms. The van der Waals surface area contributed by atoms with Crippen molar-refractivity contribution in [2.45, 2.75) is 19.1 Å². The molecule has 4 rings (SSSR count). The van der Waals surface area contributed by atoms with E-state index in [1.165, 1.54) is 16.7 Å². The fraction of sp³-hybridized carbons (Fsp3) is 0.167. The second kappa shape index (κ2) is 9.45. The van der Waals surface area contributed by atoms with E-state index in [9.17, 15) is 9.59 Å². The Morgan fingerprint density at radius 1 is 1.00 bits per heavy atom. The lowest BCUT2D eigenvalue weighted by atomic mass is 10.1. The molecule has 5 nitrogen and oxygen atoms in total. The Kier molecular flexibility index (Phi) is 6.49. The zero-order valence-electron chi connectivity index (χ0n) is 16.8. The minimum Gasteiger partial charge on any atom is -0.494 e. The van der Waals surface area contributed by atoms with E-state index in [0.29, 0.717) is 39.1 Å². The molecule has 0 bridgehead atoms. The molecule has 2 aromatic carbocycles. The fourth-order valence-electron chi connectivity index (χ4n) is 3.20. The number of rotatable bonds is 8. The predicted molar refractivity (Wildman–Crippen MR) is 123 cm³/mol. The van der Waals surface area contributed by atoms with Crippen molar-refractivity contribution in [3.05, 3.63) is 88.2 Å². The largest absolute Gasteiger partial charge is 0.494 e. The van der Waals surface area contributed by atoms with Gasteiger partial charge in [-0.3, -0.25) is 9.59 Å². The maximum absolute atomic E-state index is 13.4. The zero-order chi connectivity index (χ0) is 21.8. The maximum Gasteiger partial charge on any atom is 0.272 e. The summed E-state index contributed by atoms with van der Waals surface area (Å²) < 4.78 is 11.0. The van der Waals surface area contributed by atoms with Crippen molar-refractivity contribution in [3.8, 4) is 5.75 Å². The second-order valence-corrected chi connectivity index (χ2v) is 8.29. The standard InChI is InChI=1S/C24H20ClNO4S/c1-2-13-29-19-11-5-16(6-12-19)21-22(31-15-20-4-3-14-30-20)24(28)26(23(21)27)18-9-7-17(25)8-10-18/h3-12,14H,2,13,15H2,1H3. The summed E-state index contributed by atoms with van der Waals surface area (Å²) >= 11 is 7.27. The van der Waals surface area contributed by atoms with Crippen LogP contribution in [-0.4, -0.2) is 18.4 Å². The third-order valence-corrected chi connectivity index (χ3v) is 6.03. The first-order valence-corrected chi connectivity index (χ1v) is 11.2. The van der Waals surface area contributed by atoms with Crippen molar-refractivity contribution in [1.29, 1.82) is 0 Å². The SMILES string of the molecule is CCCOc1ccc(C2=C(SCc3ccco3)C(=O)N(c3ccc(Cl)cc3)C2=O)cc1. The Labute approximate surface area is 189 Å². The number of imide groups is 1. The van der Waals surface area contributed by atoms with Gasteiger partial charge in [0, 0.05) is 5.02 Å². The van der Waals surface area contributed by atoms with Crippen LogP contribution in [0, 0.1) is 0 Å². The van der Waals surface area contributed by atoms with Crippen LogP contribution < -0.4 is 9.64 Å². The van der Waals surface area contributed by atoms with Crippen molar-refractivity contribution in [2.75, 3.05) is 11.5 Å². The van der Waals surface area contributed by atoms with Crippen molar-refractivity contribution in [2.24, 2.45) is 0 Å². The Hall–Kier alpha value is -2.96. The average Bonchev–Trinajstić information content (AvgIpc) is 3.38. The third kappa shape index (κ3) is 4.55. The van der Waals surface area contributed by atoms with Crippen molar-refractivity contribution >= 4 is 46.4 Å². The highest BCUT2D eigenvalue weighted by Gasteiger charge is 2.40. The molecule has 1 aliphatic heterocycles. The number of ether oxygens (including phenoxy) is 1. The molecular formula is C24H20ClNO4S. The highest BCUT2D eigenvalue weighted by Crippen LogP contribution is 2.40. The van der Waals surface area contributed by atoms with E-state index in [4.69, 9.17) is 20.8 Å². The van der Waals surface area contributed by atoms with Crippen LogP contribution in [0.5, 0.6) is 5.75 Å². The lowest BCUT2D eigenvalue weighted by Gasteiger charge is -2.15. The zero-order valence-corrected chi connectivity index (χ0v) is 18.4. The molecule has 0 spiro atoms. The van der Waals surface area contributed by atoms with Crippen LogP contribution in [0.15, 0.2) is 76.2 Å². The van der Waals surface area contributed by atoms with Gasteiger partial charge in [0.05, 0.1) is 34.8 Å². The van der Waals surface area contributed by atoms with Gasteiger partial charge >= 0.3 is 0 Å². The number of hydrogen-bond acceptors (Lipinski definition) is 5. The molecule has 1 aromatic heterocycles. The van der Waals surface area contributed by atoms with Gasteiger partial charge in [-0.15, -0.1) is 11.8 Å². The van der Waals surface area contributed by atoms with E-state index in [-0.39, 0.29) is 11.8 Å². The van der Waals surface area contributed by atoms with Crippen LogP contribution >= 0.6 is 23.4 Å². The Bertz CT molecular complexity index is 1110. The van der Waals surface area contributed by atoms with Crippen LogP contribution in [0.2, 0.25) is 5.02 Å². The van der Waals surface area contributed by atoms with Crippen LogP contribution in [0.25, 0.3) is 5.57 Å². The van der Waals surface area contributed by atoms with Crippen LogP contribution in [0.1, 0.15) is 24.7 Å². The molecule has 0 aliphatic carbocycles. The summed E-state index contributed by atoms with van der Waals surface area (Å²) in [5, 5.41) is 0.533. The molecule has 158 valence electrons. The lowest BCUT2D eigenvalue weighted by molar-refractivity contribution is -0.119. The summed E-state index contributed by atoms with van der Waals surface area (Å²) in [4.78, 5) is 28.2. The number of hydrogen-bond donors (Lipinski definition) is 0. The molecule has 0 fully saturated rings. The molecule has 0 radical (unpaired) electrons. The molecule has 0 saturated carbocycles. The molecule has 0 saturated heterocycles. The number of carbonyl (C=O) groups excluding carboxylic acids is 2. The quantitative estimate of drug-likeness (QED) is 0.395. The summed E-state index contributed by atoms with van der Waals surface area (Å²) in [7, 11) is 0. The first kappa shape index (κ1) is 21.3. The van der Waals surface area contributed by atoms with Gasteiger partial charge in [-0.25, -0.2) is 4.90 Å². The molecule has 2 amide bonds. The molecule has 0 unspecified atom stereocenters. The topological polar surface area (TPSA) is 59.8 Å². The smallest absolute Gasteiger partial charge is 0.272 e. The Morgan fingerprint density at radius 2 is 1.74 bits per heavy atom. The van der Waals surface area contributed by atoms with Gasteiger partial charge in [0.1, 0.15) is 11.5 Å². The molecule has 7 heteroatoms. The van der Waals surface area contributed by atoms with Gasteiger partial charge in [0.25, 0.3) is 11.8 Å². The average molecular weight is 454 g/mol. The predicted octanol–water partition coefficient (Wildman–Crippen LogP) is 5.94. The number of anilines is 1. The monoisotopic (exact) mass is 453 g/mol. The highest BCUT2D eigenvalue weighted by atomic mass is 35.5. The Morgan fingerprint density at radius 3 is 2.39 bits per heavy atom. The van der Waals surface area contributed by atoms with Gasteiger partial charge in [0.2, 0.25) is 0 Å². The van der Waals surface area contributed by atoms with Crippen LogP contribution in [0.4, 0.5) is 5.69 Å². The lowest BCUT2D eigenvalue weighted by Crippen LogP contribution is -2.31. The van der Waals surface area contributed by atoms with E-state index in [0.717, 1.165) is 17.9 Å². The molecular weight excluding hydrogens is 434 g/mol. The first-order valence-electron chi connectivity index (χ1n) is 9.85. The number of carbonyl (C=O) groups is 2. The molecule has 0 atom stereocenters. The van der Waals surface area contributed by atoms with Gasteiger partial charge in [-0.2, -0.15) is 0 Å². The third-order valence-electron chi connectivity index (χ3n) is 4.68. The summed E-state index contributed by atoms with van der Waals surface area (Å²) in [6.07, 6.45) is 2.49. The summed E-state index contributed by atoms with van der Waals surface area (Å²) in [5.41, 5.74) is 1.52. The normalized spacial score (nSPS) is 13.9. The summed E-state index contributed by atoms with van der Waals surface area (Å²) in [6, 6.07) is 17.5. The Balaban J connectivity index is 1.69. The number of nitrogens with zero attached hydrogens (tertiary/aromatic N) is 1. The van der Waals surface area contributed by atoms with E-state index in [2.05, 4.69) is 0 Å². The number of thioether (sulfide) groups is 1. The molecule has 2 heterocycles. The number of halogens is 1. The molecule has 3 aromatic rings. The number of furan rings is 1. The minimum absolute atomic E-state index is 0.356. The van der Waals surface area contributed by atoms with Gasteiger partial charge in [-0.05, 0) is 60.5 Å². The first-order chi connectivity index (χ1) is 15.1. The second-order valence-electron chi connectivity index (χ2n) is 6.87. The summed E-state index contributed by atoms with van der Waals surface area (Å²) in [5.74, 6) is 1.17. The van der Waals surface area contributed by atoms with E-state index >= 15 is 0 Å². The van der Waals surface area contributed by atoms with Gasteiger partial charge in [0.15, 0.2) is 0 Å². The van der Waals surface area contributed by atoms with E-state index in [1.807, 2.05) is 37.3 Å². The maximum atomic E-state index is 13.4. The number of amides is 2. The minimum atomic E-state index is -0.364. The van der Waals surface area contributed by atoms with Crippen LogP contribution in [-0.2, 0) is 15.3 Å².